The lowest BCUT2D eigenvalue weighted by atomic mass is 10.1. The molecular weight excluding hydrogens is 291 g/mol. The van der Waals surface area contributed by atoms with Crippen molar-refractivity contribution >= 4 is 10.0 Å². The van der Waals surface area contributed by atoms with Crippen molar-refractivity contribution in [3.63, 3.8) is 0 Å². The van der Waals surface area contributed by atoms with Crippen molar-refractivity contribution in [2.45, 2.75) is 31.7 Å². The molecule has 0 saturated carbocycles. The van der Waals surface area contributed by atoms with Crippen molar-refractivity contribution in [3.05, 3.63) is 41.2 Å². The van der Waals surface area contributed by atoms with Crippen molar-refractivity contribution in [3.8, 4) is 0 Å². The van der Waals surface area contributed by atoms with E-state index in [0.29, 0.717) is 31.7 Å². The molecule has 0 saturated heterocycles. The first-order valence-electron chi connectivity index (χ1n) is 7.10. The van der Waals surface area contributed by atoms with Gasteiger partial charge in [-0.05, 0) is 38.1 Å². The first-order chi connectivity index (χ1) is 9.95. The van der Waals surface area contributed by atoms with E-state index in [1.165, 1.54) is 28.1 Å². The van der Waals surface area contributed by atoms with Crippen LogP contribution in [0, 0.1) is 5.82 Å². The lowest BCUT2D eigenvalue weighted by Crippen LogP contribution is -2.34. The van der Waals surface area contributed by atoms with Crippen LogP contribution in [-0.4, -0.2) is 32.4 Å². The van der Waals surface area contributed by atoms with E-state index in [2.05, 4.69) is 5.32 Å². The molecule has 0 radical (unpaired) electrons. The van der Waals surface area contributed by atoms with Crippen molar-refractivity contribution in [1.29, 1.82) is 0 Å². The molecule has 0 amide bonds. The summed E-state index contributed by atoms with van der Waals surface area (Å²) < 4.78 is 40.3. The van der Waals surface area contributed by atoms with Crippen LogP contribution in [0.15, 0.2) is 34.7 Å². The van der Waals surface area contributed by atoms with Crippen LogP contribution in [0.2, 0.25) is 0 Å². The molecule has 21 heavy (non-hydrogen) atoms. The summed E-state index contributed by atoms with van der Waals surface area (Å²) >= 11 is 0. The number of benzene rings is 1. The van der Waals surface area contributed by atoms with Crippen LogP contribution in [0.5, 0.6) is 0 Å². The summed E-state index contributed by atoms with van der Waals surface area (Å²) in [4.78, 5) is 0.157. The molecule has 0 spiro atoms. The minimum absolute atomic E-state index is 0.157. The highest BCUT2D eigenvalue weighted by Gasteiger charge is 2.26. The molecule has 4 nitrogen and oxygen atoms in total. The van der Waals surface area contributed by atoms with Gasteiger partial charge in [0.1, 0.15) is 5.82 Å². The summed E-state index contributed by atoms with van der Waals surface area (Å²) in [6.07, 6.45) is 2.66. The Bertz CT molecular complexity index is 641. The van der Waals surface area contributed by atoms with Crippen LogP contribution >= 0.6 is 0 Å². The maximum absolute atomic E-state index is 13.7. The summed E-state index contributed by atoms with van der Waals surface area (Å²) in [7, 11) is -3.56. The zero-order chi connectivity index (χ0) is 15.5. The van der Waals surface area contributed by atoms with Crippen LogP contribution in [0.1, 0.15) is 25.8 Å². The first-order valence-corrected chi connectivity index (χ1v) is 8.54. The van der Waals surface area contributed by atoms with Gasteiger partial charge in [0.15, 0.2) is 0 Å². The minimum Gasteiger partial charge on any atom is -0.313 e. The Morgan fingerprint density at radius 1 is 1.38 bits per heavy atom. The molecule has 0 atom stereocenters. The van der Waals surface area contributed by atoms with E-state index in [-0.39, 0.29) is 10.7 Å². The van der Waals surface area contributed by atoms with E-state index in [1.807, 2.05) is 19.9 Å². The molecule has 6 heteroatoms. The third kappa shape index (κ3) is 3.70. The van der Waals surface area contributed by atoms with Crippen LogP contribution in [-0.2, 0) is 16.6 Å². The Labute approximate surface area is 125 Å². The van der Waals surface area contributed by atoms with E-state index in [0.717, 1.165) is 6.42 Å². The third-order valence-electron chi connectivity index (χ3n) is 3.62. The summed E-state index contributed by atoms with van der Waals surface area (Å²) in [5.74, 6) is -0.385. The molecule has 1 aromatic rings. The molecule has 0 aliphatic carbocycles. The number of hydrogen-bond acceptors (Lipinski definition) is 3. The van der Waals surface area contributed by atoms with Gasteiger partial charge in [-0.25, -0.2) is 12.8 Å². The maximum Gasteiger partial charge on any atom is 0.243 e. The number of nitrogens with one attached hydrogen (secondary N) is 1. The summed E-state index contributed by atoms with van der Waals surface area (Å²) in [5, 5.41) is 3.01. The lowest BCUT2D eigenvalue weighted by molar-refractivity contribution is 0.431. The third-order valence-corrected chi connectivity index (χ3v) is 5.48. The van der Waals surface area contributed by atoms with Crippen LogP contribution in [0.25, 0.3) is 0 Å². The Kier molecular flexibility index (Phi) is 5.13. The molecule has 1 N–H and O–H groups in total. The average molecular weight is 312 g/mol. The second-order valence-electron chi connectivity index (χ2n) is 5.20. The summed E-state index contributed by atoms with van der Waals surface area (Å²) in [6, 6.07) is 3.99. The quantitative estimate of drug-likeness (QED) is 0.849. The van der Waals surface area contributed by atoms with Crippen molar-refractivity contribution in [2.24, 2.45) is 0 Å². The Morgan fingerprint density at radius 2 is 2.14 bits per heavy atom. The van der Waals surface area contributed by atoms with Crippen molar-refractivity contribution in [2.75, 3.05) is 19.6 Å². The van der Waals surface area contributed by atoms with E-state index >= 15 is 0 Å². The van der Waals surface area contributed by atoms with Gasteiger partial charge >= 0.3 is 0 Å². The van der Waals surface area contributed by atoms with Gasteiger partial charge in [-0.2, -0.15) is 4.31 Å². The van der Waals surface area contributed by atoms with Gasteiger partial charge in [0.25, 0.3) is 0 Å². The Hall–Kier alpha value is -1.24. The fourth-order valence-electron chi connectivity index (χ4n) is 2.23. The summed E-state index contributed by atoms with van der Waals surface area (Å²) in [6.45, 7) is 5.80. The molecule has 1 aliphatic heterocycles. The summed E-state index contributed by atoms with van der Waals surface area (Å²) in [5.41, 5.74) is 1.58. The van der Waals surface area contributed by atoms with Crippen molar-refractivity contribution in [1.82, 2.24) is 9.62 Å². The highest BCUT2D eigenvalue weighted by Crippen LogP contribution is 2.22. The van der Waals surface area contributed by atoms with Gasteiger partial charge in [-0.3, -0.25) is 0 Å². The van der Waals surface area contributed by atoms with Gasteiger partial charge in [0, 0.05) is 25.2 Å². The second-order valence-corrected chi connectivity index (χ2v) is 7.14. The Balaban J connectivity index is 2.28. The molecule has 1 aliphatic rings. The smallest absolute Gasteiger partial charge is 0.243 e. The molecular formula is C15H21FN2O2S. The topological polar surface area (TPSA) is 49.4 Å². The second kappa shape index (κ2) is 6.68. The first kappa shape index (κ1) is 16.1. The number of hydrogen-bond donors (Lipinski definition) is 1. The van der Waals surface area contributed by atoms with E-state index < -0.39 is 10.0 Å². The number of sulfonamides is 1. The standard InChI is InChI=1S/C15H21FN2O2S/c1-3-17-11-13-10-14(4-5-15(13)16)21(19,20)18-8-6-12(2)7-9-18/h4-6,10,17H,3,7-9,11H2,1-2H3. The van der Waals surface area contributed by atoms with E-state index in [1.54, 1.807) is 0 Å². The molecule has 1 heterocycles. The van der Waals surface area contributed by atoms with Crippen LogP contribution < -0.4 is 5.32 Å². The highest BCUT2D eigenvalue weighted by molar-refractivity contribution is 7.89. The molecule has 0 fully saturated rings. The lowest BCUT2D eigenvalue weighted by Gasteiger charge is -2.25. The van der Waals surface area contributed by atoms with Crippen LogP contribution in [0.4, 0.5) is 4.39 Å². The van der Waals surface area contributed by atoms with Gasteiger partial charge in [0.05, 0.1) is 4.90 Å². The number of rotatable bonds is 5. The zero-order valence-electron chi connectivity index (χ0n) is 12.4. The van der Waals surface area contributed by atoms with Crippen molar-refractivity contribution < 1.29 is 12.8 Å². The zero-order valence-corrected chi connectivity index (χ0v) is 13.2. The molecule has 0 aromatic heterocycles. The van der Waals surface area contributed by atoms with Crippen LogP contribution in [0.3, 0.4) is 0 Å². The Morgan fingerprint density at radius 3 is 2.76 bits per heavy atom. The average Bonchev–Trinajstić information content (AvgIpc) is 2.46. The fraction of sp³-hybridized carbons (Fsp3) is 0.467. The number of halogens is 1. The highest BCUT2D eigenvalue weighted by atomic mass is 32.2. The fourth-order valence-corrected chi connectivity index (χ4v) is 3.66. The molecule has 116 valence electrons. The molecule has 1 aromatic carbocycles. The largest absolute Gasteiger partial charge is 0.313 e. The molecule has 0 bridgehead atoms. The van der Waals surface area contributed by atoms with E-state index in [4.69, 9.17) is 0 Å². The monoisotopic (exact) mass is 312 g/mol. The molecule has 0 unspecified atom stereocenters. The maximum atomic E-state index is 13.7. The van der Waals surface area contributed by atoms with Gasteiger partial charge < -0.3 is 5.32 Å². The minimum atomic E-state index is -3.56. The predicted octanol–water partition coefficient (Wildman–Crippen LogP) is 2.28. The normalized spacial score (nSPS) is 16.8. The number of nitrogens with zero attached hydrogens (tertiary/aromatic N) is 1. The predicted molar refractivity (Wildman–Crippen MR) is 80.9 cm³/mol. The van der Waals surface area contributed by atoms with Gasteiger partial charge in [0.2, 0.25) is 10.0 Å². The van der Waals surface area contributed by atoms with E-state index in [9.17, 15) is 12.8 Å². The van der Waals surface area contributed by atoms with Gasteiger partial charge in [-0.1, -0.05) is 18.6 Å². The SMILES string of the molecule is CCNCc1cc(S(=O)(=O)N2CC=C(C)CC2)ccc1F. The molecule has 2 rings (SSSR count). The van der Waals surface area contributed by atoms with Gasteiger partial charge in [-0.15, -0.1) is 0 Å².